The predicted octanol–water partition coefficient (Wildman–Crippen LogP) is 3.19. The van der Waals surface area contributed by atoms with Gasteiger partial charge in [-0.15, -0.1) is 0 Å². The molecule has 1 aromatic rings. The van der Waals surface area contributed by atoms with Crippen LogP contribution in [0, 0.1) is 17.2 Å². The molecule has 0 radical (unpaired) electrons. The molecule has 1 aromatic carbocycles. The van der Waals surface area contributed by atoms with Gasteiger partial charge in [0.05, 0.1) is 12.5 Å². The first-order valence-corrected chi connectivity index (χ1v) is 7.60. The van der Waals surface area contributed by atoms with E-state index in [4.69, 9.17) is 0 Å². The number of hydrogen-bond donors (Lipinski definition) is 2. The van der Waals surface area contributed by atoms with Crippen LogP contribution in [0.2, 0.25) is 0 Å². The molecule has 0 heterocycles. The van der Waals surface area contributed by atoms with Crippen molar-refractivity contribution in [2.24, 2.45) is 11.3 Å². The van der Waals surface area contributed by atoms with Gasteiger partial charge in [-0.25, -0.2) is 4.39 Å². The van der Waals surface area contributed by atoms with E-state index in [1.54, 1.807) is 6.07 Å². The Bertz CT molecular complexity index is 497. The van der Waals surface area contributed by atoms with Crippen LogP contribution in [0.25, 0.3) is 0 Å². The summed E-state index contributed by atoms with van der Waals surface area (Å²) in [6, 6.07) is 5.74. The van der Waals surface area contributed by atoms with E-state index in [0.29, 0.717) is 18.0 Å². The van der Waals surface area contributed by atoms with E-state index in [9.17, 15) is 14.3 Å². The number of aliphatic hydroxyl groups excluding tert-OH is 1. The summed E-state index contributed by atoms with van der Waals surface area (Å²) >= 11 is 0. The van der Waals surface area contributed by atoms with Crippen molar-refractivity contribution in [2.75, 3.05) is 6.54 Å². The van der Waals surface area contributed by atoms with Gasteiger partial charge in [0, 0.05) is 6.54 Å². The minimum atomic E-state index is -0.957. The van der Waals surface area contributed by atoms with Crippen molar-refractivity contribution < 1.29 is 14.3 Å². The molecular weight excluding hydrogens is 269 g/mol. The Labute approximate surface area is 125 Å². The van der Waals surface area contributed by atoms with Crippen LogP contribution in [-0.2, 0) is 4.79 Å². The molecule has 4 heteroatoms. The highest BCUT2D eigenvalue weighted by molar-refractivity contribution is 5.76. The van der Waals surface area contributed by atoms with E-state index < -0.39 is 11.9 Å². The molecular formula is C17H24FNO2. The normalized spacial score (nSPS) is 17.6. The zero-order valence-electron chi connectivity index (χ0n) is 12.7. The predicted molar refractivity (Wildman–Crippen MR) is 80.1 cm³/mol. The van der Waals surface area contributed by atoms with E-state index in [2.05, 4.69) is 19.2 Å². The fraction of sp³-hybridized carbons (Fsp3) is 0.588. The van der Waals surface area contributed by atoms with Gasteiger partial charge in [-0.3, -0.25) is 4.79 Å². The van der Waals surface area contributed by atoms with E-state index >= 15 is 0 Å². The van der Waals surface area contributed by atoms with Gasteiger partial charge < -0.3 is 10.4 Å². The fourth-order valence-corrected chi connectivity index (χ4v) is 2.86. The summed E-state index contributed by atoms with van der Waals surface area (Å²) in [4.78, 5) is 11.9. The standard InChI is InChI=1S/C17H24FNO2/c1-12(2)10-17(6-7-17)11-19-16(21)9-15(20)13-4-3-5-14(18)8-13/h3-5,8,12,15,20H,6-7,9-11H2,1-2H3,(H,19,21). The molecule has 0 bridgehead atoms. The Morgan fingerprint density at radius 1 is 1.43 bits per heavy atom. The van der Waals surface area contributed by atoms with Crippen LogP contribution in [-0.4, -0.2) is 17.6 Å². The molecule has 1 aliphatic rings. The highest BCUT2D eigenvalue weighted by Gasteiger charge is 2.42. The van der Waals surface area contributed by atoms with Crippen molar-refractivity contribution in [1.29, 1.82) is 0 Å². The molecule has 0 saturated heterocycles. The number of nitrogens with one attached hydrogen (secondary N) is 1. The first-order valence-electron chi connectivity index (χ1n) is 7.60. The van der Waals surface area contributed by atoms with Crippen LogP contribution >= 0.6 is 0 Å². The number of carbonyl (C=O) groups excluding carboxylic acids is 1. The van der Waals surface area contributed by atoms with Crippen molar-refractivity contribution in [3.8, 4) is 0 Å². The molecule has 2 N–H and O–H groups in total. The summed E-state index contributed by atoms with van der Waals surface area (Å²) in [6.45, 7) is 5.06. The lowest BCUT2D eigenvalue weighted by Crippen LogP contribution is -2.31. The van der Waals surface area contributed by atoms with Gasteiger partial charge in [-0.05, 0) is 48.3 Å². The molecule has 2 rings (SSSR count). The van der Waals surface area contributed by atoms with Crippen LogP contribution in [0.5, 0.6) is 0 Å². The van der Waals surface area contributed by atoms with E-state index in [1.165, 1.54) is 18.2 Å². The van der Waals surface area contributed by atoms with Gasteiger partial charge in [0.2, 0.25) is 5.91 Å². The van der Waals surface area contributed by atoms with Crippen molar-refractivity contribution in [1.82, 2.24) is 5.32 Å². The number of amides is 1. The van der Waals surface area contributed by atoms with Crippen molar-refractivity contribution in [2.45, 2.75) is 45.6 Å². The van der Waals surface area contributed by atoms with Crippen molar-refractivity contribution >= 4 is 5.91 Å². The van der Waals surface area contributed by atoms with Gasteiger partial charge in [0.25, 0.3) is 0 Å². The molecule has 116 valence electrons. The largest absolute Gasteiger partial charge is 0.388 e. The summed E-state index contributed by atoms with van der Waals surface area (Å²) in [5, 5.41) is 12.9. The number of aliphatic hydroxyl groups is 1. The second-order valence-electron chi connectivity index (χ2n) is 6.65. The molecule has 1 unspecified atom stereocenters. The number of benzene rings is 1. The molecule has 0 aliphatic heterocycles. The smallest absolute Gasteiger partial charge is 0.222 e. The second-order valence-corrected chi connectivity index (χ2v) is 6.65. The first-order chi connectivity index (χ1) is 9.90. The highest BCUT2D eigenvalue weighted by atomic mass is 19.1. The van der Waals surface area contributed by atoms with Gasteiger partial charge in [0.1, 0.15) is 5.82 Å². The van der Waals surface area contributed by atoms with E-state index in [0.717, 1.165) is 19.3 Å². The zero-order valence-corrected chi connectivity index (χ0v) is 12.7. The Balaban J connectivity index is 1.79. The third kappa shape index (κ3) is 4.81. The second kappa shape index (κ2) is 6.56. The third-order valence-corrected chi connectivity index (χ3v) is 4.07. The van der Waals surface area contributed by atoms with Crippen LogP contribution < -0.4 is 5.32 Å². The minimum Gasteiger partial charge on any atom is -0.388 e. The number of carbonyl (C=O) groups is 1. The molecule has 21 heavy (non-hydrogen) atoms. The molecule has 1 amide bonds. The van der Waals surface area contributed by atoms with Gasteiger partial charge in [-0.1, -0.05) is 26.0 Å². The zero-order chi connectivity index (χ0) is 15.5. The maximum absolute atomic E-state index is 13.1. The molecule has 1 atom stereocenters. The molecule has 1 fully saturated rings. The summed E-state index contributed by atoms with van der Waals surface area (Å²) in [6.07, 6.45) is 2.47. The molecule has 3 nitrogen and oxygen atoms in total. The summed E-state index contributed by atoms with van der Waals surface area (Å²) in [5.41, 5.74) is 0.710. The van der Waals surface area contributed by atoms with Gasteiger partial charge in [0.15, 0.2) is 0 Å². The molecule has 0 spiro atoms. The van der Waals surface area contributed by atoms with Crippen LogP contribution in [0.15, 0.2) is 24.3 Å². The summed E-state index contributed by atoms with van der Waals surface area (Å²) in [5.74, 6) is 0.0462. The minimum absolute atomic E-state index is 0.0266. The first kappa shape index (κ1) is 16.0. The van der Waals surface area contributed by atoms with Crippen LogP contribution in [0.3, 0.4) is 0 Å². The van der Waals surface area contributed by atoms with Crippen LogP contribution in [0.1, 0.15) is 51.2 Å². The Hall–Kier alpha value is -1.42. The molecule has 1 saturated carbocycles. The SMILES string of the molecule is CC(C)CC1(CNC(=O)CC(O)c2cccc(F)c2)CC1. The lowest BCUT2D eigenvalue weighted by molar-refractivity contribution is -0.123. The summed E-state index contributed by atoms with van der Waals surface area (Å²) in [7, 11) is 0. The quantitative estimate of drug-likeness (QED) is 0.811. The van der Waals surface area contributed by atoms with Gasteiger partial charge in [-0.2, -0.15) is 0 Å². The number of rotatable bonds is 7. The fourth-order valence-electron chi connectivity index (χ4n) is 2.86. The Morgan fingerprint density at radius 2 is 2.14 bits per heavy atom. The topological polar surface area (TPSA) is 49.3 Å². The average Bonchev–Trinajstić information content (AvgIpc) is 3.16. The monoisotopic (exact) mass is 293 g/mol. The van der Waals surface area contributed by atoms with E-state index in [-0.39, 0.29) is 17.7 Å². The lowest BCUT2D eigenvalue weighted by atomic mass is 9.94. The maximum atomic E-state index is 13.1. The maximum Gasteiger partial charge on any atom is 0.222 e. The average molecular weight is 293 g/mol. The van der Waals surface area contributed by atoms with Crippen LogP contribution in [0.4, 0.5) is 4.39 Å². The van der Waals surface area contributed by atoms with Gasteiger partial charge >= 0.3 is 0 Å². The highest BCUT2D eigenvalue weighted by Crippen LogP contribution is 2.50. The Morgan fingerprint density at radius 3 is 2.71 bits per heavy atom. The number of hydrogen-bond acceptors (Lipinski definition) is 2. The third-order valence-electron chi connectivity index (χ3n) is 4.07. The number of halogens is 1. The molecule has 0 aromatic heterocycles. The lowest BCUT2D eigenvalue weighted by Gasteiger charge is -2.19. The summed E-state index contributed by atoms with van der Waals surface area (Å²) < 4.78 is 13.1. The van der Waals surface area contributed by atoms with Crippen molar-refractivity contribution in [3.63, 3.8) is 0 Å². The van der Waals surface area contributed by atoms with E-state index in [1.807, 2.05) is 0 Å². The molecule has 1 aliphatic carbocycles. The Kier molecular flexibility index (Phi) is 4.99. The van der Waals surface area contributed by atoms with Crippen molar-refractivity contribution in [3.05, 3.63) is 35.6 Å².